The highest BCUT2D eigenvalue weighted by Gasteiger charge is 2.04. The molecule has 0 amide bonds. The number of carbonyl (C=O) groups is 1. The van der Waals surface area contributed by atoms with Crippen molar-refractivity contribution in [2.45, 2.75) is 0 Å². The number of ether oxygens (including phenoxy) is 3. The lowest BCUT2D eigenvalue weighted by Gasteiger charge is -2.06. The Morgan fingerprint density at radius 2 is 1.23 bits per heavy atom. The fourth-order valence-electron chi connectivity index (χ4n) is 2.70. The number of esters is 1. The summed E-state index contributed by atoms with van der Waals surface area (Å²) in [6, 6.07) is 20.2. The van der Waals surface area contributed by atoms with Gasteiger partial charge in [0, 0.05) is 22.3 Å². The van der Waals surface area contributed by atoms with Gasteiger partial charge in [0.15, 0.2) is 11.5 Å². The molecule has 0 heterocycles. The zero-order valence-corrected chi connectivity index (χ0v) is 17.0. The molecule has 0 aromatic heterocycles. The zero-order chi connectivity index (χ0) is 21.3. The van der Waals surface area contributed by atoms with Gasteiger partial charge in [-0.15, -0.1) is 0 Å². The lowest BCUT2D eigenvalue weighted by molar-refractivity contribution is 0.0600. The standard InChI is InChI=1S/C26H20O4/c1-28-24-17-12-20(18-25(24)29-2)11-14-22-7-5-4-6-21(22)13-8-19-9-15-23(16-10-19)26(27)30-3/h4-7,9-10,12,15-18H,1-3H3. The molecular formula is C26H20O4. The largest absolute Gasteiger partial charge is 0.493 e. The highest BCUT2D eigenvalue weighted by molar-refractivity contribution is 5.89. The molecule has 4 nitrogen and oxygen atoms in total. The summed E-state index contributed by atoms with van der Waals surface area (Å²) < 4.78 is 15.3. The minimum Gasteiger partial charge on any atom is -0.493 e. The first-order valence-corrected chi connectivity index (χ1v) is 9.18. The molecule has 0 unspecified atom stereocenters. The van der Waals surface area contributed by atoms with Gasteiger partial charge in [0.05, 0.1) is 26.9 Å². The van der Waals surface area contributed by atoms with Crippen molar-refractivity contribution >= 4 is 5.97 Å². The highest BCUT2D eigenvalue weighted by atomic mass is 16.5. The maximum atomic E-state index is 11.5. The van der Waals surface area contributed by atoms with Gasteiger partial charge in [0.25, 0.3) is 0 Å². The van der Waals surface area contributed by atoms with Gasteiger partial charge < -0.3 is 14.2 Å². The Hall–Kier alpha value is -4.15. The SMILES string of the molecule is COC(=O)c1ccc(C#Cc2ccccc2C#Cc2ccc(OC)c(OC)c2)cc1. The molecule has 0 aliphatic heterocycles. The summed E-state index contributed by atoms with van der Waals surface area (Å²) in [6.45, 7) is 0. The lowest BCUT2D eigenvalue weighted by Crippen LogP contribution is -2.00. The number of benzene rings is 3. The van der Waals surface area contributed by atoms with Crippen molar-refractivity contribution in [3.63, 3.8) is 0 Å². The topological polar surface area (TPSA) is 44.8 Å². The van der Waals surface area contributed by atoms with Crippen molar-refractivity contribution in [2.24, 2.45) is 0 Å². The Balaban J connectivity index is 1.86. The third-order valence-electron chi connectivity index (χ3n) is 4.30. The van der Waals surface area contributed by atoms with Gasteiger partial charge in [-0.2, -0.15) is 0 Å². The van der Waals surface area contributed by atoms with Crippen LogP contribution >= 0.6 is 0 Å². The average Bonchev–Trinajstić information content (AvgIpc) is 2.81. The number of rotatable bonds is 3. The van der Waals surface area contributed by atoms with Crippen LogP contribution in [0.25, 0.3) is 0 Å². The summed E-state index contributed by atoms with van der Waals surface area (Å²) in [5.41, 5.74) is 3.75. The molecule has 30 heavy (non-hydrogen) atoms. The molecule has 0 bridgehead atoms. The van der Waals surface area contributed by atoms with Gasteiger partial charge in [-0.3, -0.25) is 0 Å². The fraction of sp³-hybridized carbons (Fsp3) is 0.115. The molecule has 4 heteroatoms. The highest BCUT2D eigenvalue weighted by Crippen LogP contribution is 2.27. The second-order valence-electron chi connectivity index (χ2n) is 6.18. The second-order valence-corrected chi connectivity index (χ2v) is 6.18. The van der Waals surface area contributed by atoms with Crippen LogP contribution < -0.4 is 9.47 Å². The molecule has 148 valence electrons. The Labute approximate surface area is 176 Å². The molecule has 0 aliphatic carbocycles. The predicted molar refractivity (Wildman–Crippen MR) is 116 cm³/mol. The van der Waals surface area contributed by atoms with E-state index in [1.165, 1.54) is 7.11 Å². The Morgan fingerprint density at radius 1 is 0.667 bits per heavy atom. The van der Waals surface area contributed by atoms with Gasteiger partial charge in [-0.05, 0) is 54.6 Å². The van der Waals surface area contributed by atoms with E-state index in [1.807, 2.05) is 42.5 Å². The Bertz CT molecular complexity index is 1170. The smallest absolute Gasteiger partial charge is 0.337 e. The van der Waals surface area contributed by atoms with E-state index >= 15 is 0 Å². The maximum absolute atomic E-state index is 11.5. The molecule has 0 N–H and O–H groups in total. The van der Waals surface area contributed by atoms with E-state index in [9.17, 15) is 4.79 Å². The van der Waals surface area contributed by atoms with Crippen LogP contribution in [0.3, 0.4) is 0 Å². The summed E-state index contributed by atoms with van der Waals surface area (Å²) in [4.78, 5) is 11.5. The summed E-state index contributed by atoms with van der Waals surface area (Å²) in [6.07, 6.45) is 0. The van der Waals surface area contributed by atoms with Crippen LogP contribution in [0, 0.1) is 23.7 Å². The molecule has 0 fully saturated rings. The van der Waals surface area contributed by atoms with Gasteiger partial charge in [-0.25, -0.2) is 4.79 Å². The Kier molecular flexibility index (Phi) is 6.77. The lowest BCUT2D eigenvalue weighted by atomic mass is 10.1. The first kappa shape index (κ1) is 20.6. The Morgan fingerprint density at radius 3 is 1.80 bits per heavy atom. The number of hydrogen-bond donors (Lipinski definition) is 0. The van der Waals surface area contributed by atoms with E-state index in [2.05, 4.69) is 23.7 Å². The van der Waals surface area contributed by atoms with E-state index in [0.29, 0.717) is 17.1 Å². The van der Waals surface area contributed by atoms with Crippen molar-refractivity contribution < 1.29 is 19.0 Å². The van der Waals surface area contributed by atoms with Crippen LogP contribution in [0.2, 0.25) is 0 Å². The first-order valence-electron chi connectivity index (χ1n) is 9.18. The predicted octanol–water partition coefficient (Wildman–Crippen LogP) is 4.29. The minimum absolute atomic E-state index is 0.370. The normalized spacial score (nSPS) is 9.43. The van der Waals surface area contributed by atoms with Gasteiger partial charge in [-0.1, -0.05) is 35.8 Å². The zero-order valence-electron chi connectivity index (χ0n) is 17.0. The van der Waals surface area contributed by atoms with Crippen LogP contribution in [0.1, 0.15) is 32.6 Å². The van der Waals surface area contributed by atoms with E-state index < -0.39 is 0 Å². The third kappa shape index (κ3) is 5.01. The molecule has 0 radical (unpaired) electrons. The summed E-state index contributed by atoms with van der Waals surface area (Å²) in [5.74, 6) is 13.5. The van der Waals surface area contributed by atoms with Crippen molar-refractivity contribution in [1.82, 2.24) is 0 Å². The van der Waals surface area contributed by atoms with Crippen LogP contribution in [-0.4, -0.2) is 27.3 Å². The molecule has 3 aromatic rings. The van der Waals surface area contributed by atoms with Crippen molar-refractivity contribution in [2.75, 3.05) is 21.3 Å². The van der Waals surface area contributed by atoms with Gasteiger partial charge in [0.1, 0.15) is 0 Å². The second kappa shape index (κ2) is 9.87. The molecular weight excluding hydrogens is 376 g/mol. The van der Waals surface area contributed by atoms with Crippen LogP contribution in [0.15, 0.2) is 66.7 Å². The van der Waals surface area contributed by atoms with Crippen LogP contribution in [-0.2, 0) is 4.74 Å². The summed E-state index contributed by atoms with van der Waals surface area (Å²) >= 11 is 0. The number of carbonyl (C=O) groups excluding carboxylic acids is 1. The molecule has 3 aromatic carbocycles. The van der Waals surface area contributed by atoms with Crippen LogP contribution in [0.5, 0.6) is 11.5 Å². The van der Waals surface area contributed by atoms with E-state index in [4.69, 9.17) is 14.2 Å². The fourth-order valence-corrected chi connectivity index (χ4v) is 2.70. The van der Waals surface area contributed by atoms with E-state index in [0.717, 1.165) is 22.3 Å². The van der Waals surface area contributed by atoms with Crippen molar-refractivity contribution in [1.29, 1.82) is 0 Å². The van der Waals surface area contributed by atoms with Crippen LogP contribution in [0.4, 0.5) is 0 Å². The number of methoxy groups -OCH3 is 3. The minimum atomic E-state index is -0.370. The first-order chi connectivity index (χ1) is 14.6. The van der Waals surface area contributed by atoms with E-state index in [1.54, 1.807) is 38.5 Å². The van der Waals surface area contributed by atoms with Crippen molar-refractivity contribution in [3.8, 4) is 35.2 Å². The number of hydrogen-bond acceptors (Lipinski definition) is 4. The average molecular weight is 396 g/mol. The molecule has 0 spiro atoms. The molecule has 3 rings (SSSR count). The summed E-state index contributed by atoms with van der Waals surface area (Å²) in [7, 11) is 4.55. The van der Waals surface area contributed by atoms with Gasteiger partial charge in [0.2, 0.25) is 0 Å². The maximum Gasteiger partial charge on any atom is 0.337 e. The molecule has 0 aliphatic rings. The summed E-state index contributed by atoms with van der Waals surface area (Å²) in [5, 5.41) is 0. The third-order valence-corrected chi connectivity index (χ3v) is 4.30. The molecule has 0 saturated heterocycles. The van der Waals surface area contributed by atoms with Gasteiger partial charge >= 0.3 is 5.97 Å². The quantitative estimate of drug-likeness (QED) is 0.489. The monoisotopic (exact) mass is 396 g/mol. The van der Waals surface area contributed by atoms with Crippen molar-refractivity contribution in [3.05, 3.63) is 94.5 Å². The molecule has 0 saturated carbocycles. The molecule has 0 atom stereocenters. The van der Waals surface area contributed by atoms with E-state index in [-0.39, 0.29) is 5.97 Å².